The molecule has 4 nitrogen and oxygen atoms in total. The number of benzene rings is 2. The SMILES string of the molecule is C=CN1CCOc2ccc(-c3ccc4nc(C)[nH]c4c3)cc2C1. The van der Waals surface area contributed by atoms with Gasteiger partial charge in [-0.15, -0.1) is 0 Å². The van der Waals surface area contributed by atoms with Crippen molar-refractivity contribution in [1.82, 2.24) is 14.9 Å². The van der Waals surface area contributed by atoms with E-state index in [1.54, 1.807) is 0 Å². The molecule has 0 bridgehead atoms. The molecule has 1 aliphatic heterocycles. The van der Waals surface area contributed by atoms with Gasteiger partial charge >= 0.3 is 0 Å². The highest BCUT2D eigenvalue weighted by atomic mass is 16.5. The average molecular weight is 305 g/mol. The molecule has 1 aromatic heterocycles. The van der Waals surface area contributed by atoms with Gasteiger partial charge in [0.15, 0.2) is 0 Å². The van der Waals surface area contributed by atoms with E-state index in [1.807, 2.05) is 13.1 Å². The zero-order valence-corrected chi connectivity index (χ0v) is 13.2. The van der Waals surface area contributed by atoms with Gasteiger partial charge in [0, 0.05) is 12.1 Å². The Morgan fingerprint density at radius 3 is 2.91 bits per heavy atom. The van der Waals surface area contributed by atoms with Gasteiger partial charge in [0.05, 0.1) is 17.6 Å². The number of ether oxygens (including phenoxy) is 1. The summed E-state index contributed by atoms with van der Waals surface area (Å²) < 4.78 is 5.84. The predicted molar refractivity (Wildman–Crippen MR) is 92.4 cm³/mol. The molecule has 0 spiro atoms. The van der Waals surface area contributed by atoms with Crippen LogP contribution < -0.4 is 4.74 Å². The van der Waals surface area contributed by atoms with Gasteiger partial charge in [-0.05, 0) is 48.5 Å². The number of nitrogens with one attached hydrogen (secondary N) is 1. The van der Waals surface area contributed by atoms with Crippen LogP contribution in [0.1, 0.15) is 11.4 Å². The monoisotopic (exact) mass is 305 g/mol. The third-order valence-corrected chi connectivity index (χ3v) is 4.26. The van der Waals surface area contributed by atoms with Crippen molar-refractivity contribution in [3.63, 3.8) is 0 Å². The molecule has 0 amide bonds. The molecule has 0 aliphatic carbocycles. The molecular weight excluding hydrogens is 286 g/mol. The lowest BCUT2D eigenvalue weighted by atomic mass is 10.0. The van der Waals surface area contributed by atoms with E-state index in [1.165, 1.54) is 16.7 Å². The highest BCUT2D eigenvalue weighted by Gasteiger charge is 2.14. The zero-order chi connectivity index (χ0) is 15.8. The Morgan fingerprint density at radius 2 is 2.04 bits per heavy atom. The number of H-pyrrole nitrogens is 1. The van der Waals surface area contributed by atoms with E-state index < -0.39 is 0 Å². The minimum absolute atomic E-state index is 0.692. The first-order chi connectivity index (χ1) is 11.2. The van der Waals surface area contributed by atoms with Crippen LogP contribution >= 0.6 is 0 Å². The van der Waals surface area contributed by atoms with Gasteiger partial charge in [-0.3, -0.25) is 0 Å². The average Bonchev–Trinajstić information content (AvgIpc) is 2.81. The molecule has 3 aromatic rings. The molecule has 0 unspecified atom stereocenters. The summed E-state index contributed by atoms with van der Waals surface area (Å²) >= 11 is 0. The fraction of sp³-hybridized carbons (Fsp3) is 0.211. The van der Waals surface area contributed by atoms with Crippen LogP contribution in [0.2, 0.25) is 0 Å². The number of imidazole rings is 1. The van der Waals surface area contributed by atoms with Gasteiger partial charge in [0.2, 0.25) is 0 Å². The quantitative estimate of drug-likeness (QED) is 0.781. The summed E-state index contributed by atoms with van der Waals surface area (Å²) in [6.07, 6.45) is 1.88. The van der Waals surface area contributed by atoms with E-state index in [0.717, 1.165) is 35.7 Å². The Hall–Kier alpha value is -2.75. The Bertz CT molecular complexity index is 881. The molecule has 4 heteroatoms. The maximum Gasteiger partial charge on any atom is 0.124 e. The van der Waals surface area contributed by atoms with Crippen LogP contribution in [0.3, 0.4) is 0 Å². The first-order valence-electron chi connectivity index (χ1n) is 7.82. The second-order valence-electron chi connectivity index (χ2n) is 5.88. The largest absolute Gasteiger partial charge is 0.491 e. The van der Waals surface area contributed by atoms with Crippen molar-refractivity contribution >= 4 is 11.0 Å². The molecular formula is C19H19N3O. The maximum absolute atomic E-state index is 5.84. The van der Waals surface area contributed by atoms with Gasteiger partial charge in [-0.25, -0.2) is 4.98 Å². The van der Waals surface area contributed by atoms with Crippen LogP contribution in [-0.2, 0) is 6.54 Å². The predicted octanol–water partition coefficient (Wildman–Crippen LogP) is 3.88. The molecule has 2 aromatic carbocycles. The number of aryl methyl sites for hydroxylation is 1. The van der Waals surface area contributed by atoms with Crippen molar-refractivity contribution in [3.8, 4) is 16.9 Å². The molecule has 2 heterocycles. The lowest BCUT2D eigenvalue weighted by Gasteiger charge is -2.16. The topological polar surface area (TPSA) is 41.1 Å². The number of aromatic nitrogens is 2. The number of aromatic amines is 1. The van der Waals surface area contributed by atoms with Gasteiger partial charge in [-0.2, -0.15) is 0 Å². The fourth-order valence-corrected chi connectivity index (χ4v) is 3.07. The van der Waals surface area contributed by atoms with Crippen molar-refractivity contribution in [1.29, 1.82) is 0 Å². The summed E-state index contributed by atoms with van der Waals surface area (Å²) in [7, 11) is 0. The molecule has 23 heavy (non-hydrogen) atoms. The highest BCUT2D eigenvalue weighted by molar-refractivity contribution is 5.82. The van der Waals surface area contributed by atoms with Crippen molar-refractivity contribution in [2.75, 3.05) is 13.2 Å². The van der Waals surface area contributed by atoms with Gasteiger partial charge < -0.3 is 14.6 Å². The van der Waals surface area contributed by atoms with Crippen LogP contribution in [0.25, 0.3) is 22.2 Å². The first-order valence-corrected chi connectivity index (χ1v) is 7.82. The van der Waals surface area contributed by atoms with Crippen molar-refractivity contribution < 1.29 is 4.74 Å². The van der Waals surface area contributed by atoms with Crippen molar-refractivity contribution in [3.05, 3.63) is 60.6 Å². The van der Waals surface area contributed by atoms with Gasteiger partial charge in [-0.1, -0.05) is 18.7 Å². The van der Waals surface area contributed by atoms with Gasteiger partial charge in [0.25, 0.3) is 0 Å². The molecule has 0 atom stereocenters. The third-order valence-electron chi connectivity index (χ3n) is 4.26. The van der Waals surface area contributed by atoms with Crippen molar-refractivity contribution in [2.45, 2.75) is 13.5 Å². The Morgan fingerprint density at radius 1 is 1.22 bits per heavy atom. The minimum Gasteiger partial charge on any atom is -0.491 e. The molecule has 0 radical (unpaired) electrons. The smallest absolute Gasteiger partial charge is 0.124 e. The standard InChI is InChI=1S/C19H19N3O/c1-3-22-8-9-23-19-7-5-14(10-16(19)12-22)15-4-6-17-18(11-15)21-13(2)20-17/h3-7,10-11H,1,8-9,12H2,2H3,(H,20,21). The normalized spacial score (nSPS) is 14.2. The van der Waals surface area contributed by atoms with E-state index in [-0.39, 0.29) is 0 Å². The lowest BCUT2D eigenvalue weighted by Crippen LogP contribution is -2.19. The van der Waals surface area contributed by atoms with Crippen LogP contribution in [0, 0.1) is 6.92 Å². The van der Waals surface area contributed by atoms with Gasteiger partial charge in [0.1, 0.15) is 18.2 Å². The fourth-order valence-electron chi connectivity index (χ4n) is 3.07. The van der Waals surface area contributed by atoms with Crippen LogP contribution in [0.5, 0.6) is 5.75 Å². The van der Waals surface area contributed by atoms with E-state index in [0.29, 0.717) is 6.61 Å². The third kappa shape index (κ3) is 2.57. The first kappa shape index (κ1) is 13.9. The van der Waals surface area contributed by atoms with E-state index in [9.17, 15) is 0 Å². The van der Waals surface area contributed by atoms with E-state index in [4.69, 9.17) is 4.74 Å². The summed E-state index contributed by atoms with van der Waals surface area (Å²) in [5.41, 5.74) is 5.63. The van der Waals surface area contributed by atoms with Crippen molar-refractivity contribution in [2.24, 2.45) is 0 Å². The van der Waals surface area contributed by atoms with E-state index in [2.05, 4.69) is 57.8 Å². The molecule has 0 saturated heterocycles. The van der Waals surface area contributed by atoms with Crippen LogP contribution in [0.15, 0.2) is 49.2 Å². The maximum atomic E-state index is 5.84. The minimum atomic E-state index is 0.692. The summed E-state index contributed by atoms with van der Waals surface area (Å²) in [5.74, 6) is 1.91. The number of nitrogens with zero attached hydrogens (tertiary/aromatic N) is 2. The molecule has 4 rings (SSSR count). The van der Waals surface area contributed by atoms with E-state index >= 15 is 0 Å². The zero-order valence-electron chi connectivity index (χ0n) is 13.2. The molecule has 0 saturated carbocycles. The Labute approximate surface area is 135 Å². The molecule has 1 N–H and O–H groups in total. The number of rotatable bonds is 2. The second kappa shape index (κ2) is 5.47. The summed E-state index contributed by atoms with van der Waals surface area (Å²) in [5, 5.41) is 0. The number of hydrogen-bond acceptors (Lipinski definition) is 3. The highest BCUT2D eigenvalue weighted by Crippen LogP contribution is 2.30. The summed E-state index contributed by atoms with van der Waals surface area (Å²) in [4.78, 5) is 9.94. The number of fused-ring (bicyclic) bond motifs is 2. The summed E-state index contributed by atoms with van der Waals surface area (Å²) in [6, 6.07) is 12.7. The lowest BCUT2D eigenvalue weighted by molar-refractivity contribution is 0.276. The summed E-state index contributed by atoms with van der Waals surface area (Å²) in [6.45, 7) is 8.24. The Kier molecular flexibility index (Phi) is 3.30. The number of hydrogen-bond donors (Lipinski definition) is 1. The van der Waals surface area contributed by atoms with Crippen LogP contribution in [0.4, 0.5) is 0 Å². The molecule has 0 fully saturated rings. The molecule has 1 aliphatic rings. The Balaban J connectivity index is 1.76. The molecule has 116 valence electrons. The second-order valence-corrected chi connectivity index (χ2v) is 5.88. The van der Waals surface area contributed by atoms with Crippen LogP contribution in [-0.4, -0.2) is 28.0 Å².